The molecule has 2 fully saturated rings. The summed E-state index contributed by atoms with van der Waals surface area (Å²) in [7, 11) is -13.9. The summed E-state index contributed by atoms with van der Waals surface area (Å²) in [6, 6.07) is 21.1. The quantitative estimate of drug-likeness (QED) is 0.133. The van der Waals surface area contributed by atoms with Crippen molar-refractivity contribution < 1.29 is 82.3 Å². The fourth-order valence-corrected chi connectivity index (χ4v) is 8.33. The molecule has 3 unspecified atom stereocenters. The molecule has 2 aliphatic carbocycles. The molecule has 0 aliphatic heterocycles. The third kappa shape index (κ3) is 8.18. The van der Waals surface area contributed by atoms with Crippen molar-refractivity contribution in [1.82, 2.24) is 0 Å². The second kappa shape index (κ2) is 14.7. The molecule has 0 N–H and O–H groups in total. The van der Waals surface area contributed by atoms with E-state index in [0.717, 1.165) is 0 Å². The van der Waals surface area contributed by atoms with Crippen LogP contribution in [0.1, 0.15) is 25.7 Å². The van der Waals surface area contributed by atoms with Crippen LogP contribution < -0.4 is 8.37 Å². The van der Waals surface area contributed by atoms with Crippen LogP contribution in [0.2, 0.25) is 0 Å². The highest BCUT2D eigenvalue weighted by atomic mass is 32.2. The molecule has 0 heterocycles. The average molecular weight is 837 g/mol. The van der Waals surface area contributed by atoms with Gasteiger partial charge in [0, 0.05) is 15.7 Å². The number of hydrogen-bond donors (Lipinski definition) is 0. The zero-order chi connectivity index (χ0) is 39.9. The maximum absolute atomic E-state index is 14.6. The van der Waals surface area contributed by atoms with Crippen molar-refractivity contribution in [2.45, 2.75) is 69.9 Å². The van der Waals surface area contributed by atoms with Crippen LogP contribution in [-0.4, -0.2) is 51.3 Å². The fraction of sp³-hybridized carbons (Fsp3) is 0.419. The van der Waals surface area contributed by atoms with Crippen molar-refractivity contribution in [2.24, 2.45) is 17.8 Å². The zero-order valence-corrected chi connectivity index (χ0v) is 28.7. The third-order valence-corrected chi connectivity index (χ3v) is 11.9. The van der Waals surface area contributed by atoms with Gasteiger partial charge in [-0.3, -0.25) is 0 Å². The van der Waals surface area contributed by atoms with Gasteiger partial charge in [0.1, 0.15) is 11.5 Å². The normalized spacial score (nSPS) is 20.1. The Balaban J connectivity index is 0.000000401. The summed E-state index contributed by atoms with van der Waals surface area (Å²) >= 11 is 1.79. The standard InChI is InChI=1S/C19H15F13O6S2.C12H10S/c20-14(21,13-8-9-1-2-10(13)7-9)18(29,30)39(33,34)37-11-3-5-12(6-4-11)38-40(35,36)19(31,32)16(24,25)15(22,23)17(26,27)28;1-3-7-11(8-4-1)13-12-9-5-2-6-10-12/h3-6,9-10,13H,1-2,7-8H2;1-10H. The summed E-state index contributed by atoms with van der Waals surface area (Å²) in [5.41, 5.74) is 0. The Labute approximate surface area is 297 Å². The van der Waals surface area contributed by atoms with E-state index in [1.54, 1.807) is 11.8 Å². The Morgan fingerprint density at radius 2 is 0.943 bits per heavy atom. The molecule has 0 saturated heterocycles. The summed E-state index contributed by atoms with van der Waals surface area (Å²) in [5, 5.41) is -13.0. The van der Waals surface area contributed by atoms with Crippen LogP contribution in [0.4, 0.5) is 57.1 Å². The molecule has 3 aromatic carbocycles. The number of rotatable bonds is 12. The van der Waals surface area contributed by atoms with Crippen molar-refractivity contribution in [2.75, 3.05) is 0 Å². The lowest BCUT2D eigenvalue weighted by Gasteiger charge is -2.34. The first-order valence-electron chi connectivity index (χ1n) is 14.9. The largest absolute Gasteiger partial charge is 0.460 e. The first-order valence-corrected chi connectivity index (χ1v) is 18.5. The smallest absolute Gasteiger partial charge is 0.378 e. The predicted molar refractivity (Wildman–Crippen MR) is 162 cm³/mol. The first kappa shape index (κ1) is 42.3. The Kier molecular flexibility index (Phi) is 11.7. The van der Waals surface area contributed by atoms with Gasteiger partial charge in [-0.05, 0) is 79.6 Å². The maximum atomic E-state index is 14.6. The maximum Gasteiger partial charge on any atom is 0.460 e. The molecule has 2 aliphatic rings. The third-order valence-electron chi connectivity index (χ3n) is 8.29. The lowest BCUT2D eigenvalue weighted by atomic mass is 9.84. The van der Waals surface area contributed by atoms with Crippen molar-refractivity contribution in [1.29, 1.82) is 0 Å². The number of halogens is 13. The molecule has 2 saturated carbocycles. The molecule has 3 atom stereocenters. The van der Waals surface area contributed by atoms with Gasteiger partial charge in [0.05, 0.1) is 0 Å². The molecular formula is C31H25F13O6S3. The lowest BCUT2D eigenvalue weighted by Crippen LogP contribution is -2.63. The molecule has 6 nitrogen and oxygen atoms in total. The predicted octanol–water partition coefficient (Wildman–Crippen LogP) is 10.0. The van der Waals surface area contributed by atoms with E-state index in [-0.39, 0.29) is 49.4 Å². The molecule has 0 radical (unpaired) electrons. The molecule has 294 valence electrons. The van der Waals surface area contributed by atoms with Crippen molar-refractivity contribution >= 4 is 32.0 Å². The Morgan fingerprint density at radius 1 is 0.528 bits per heavy atom. The number of alkyl halides is 13. The van der Waals surface area contributed by atoms with E-state index in [2.05, 4.69) is 56.9 Å². The van der Waals surface area contributed by atoms with E-state index in [0.29, 0.717) is 6.42 Å². The van der Waals surface area contributed by atoms with E-state index in [1.807, 2.05) is 12.1 Å². The fourth-order valence-electron chi connectivity index (χ4n) is 5.61. The Morgan fingerprint density at radius 3 is 1.30 bits per heavy atom. The topological polar surface area (TPSA) is 86.7 Å². The number of fused-ring (bicyclic) bond motifs is 2. The van der Waals surface area contributed by atoms with Gasteiger partial charge in [-0.1, -0.05) is 54.6 Å². The summed E-state index contributed by atoms with van der Waals surface area (Å²) in [6.45, 7) is 0. The highest BCUT2D eigenvalue weighted by Gasteiger charge is 2.86. The molecule has 3 aromatic rings. The van der Waals surface area contributed by atoms with Gasteiger partial charge in [-0.15, -0.1) is 0 Å². The highest BCUT2D eigenvalue weighted by molar-refractivity contribution is 7.99. The van der Waals surface area contributed by atoms with Gasteiger partial charge in [0.25, 0.3) is 0 Å². The van der Waals surface area contributed by atoms with Crippen LogP contribution in [0.5, 0.6) is 11.5 Å². The van der Waals surface area contributed by atoms with E-state index in [1.165, 1.54) is 9.79 Å². The summed E-state index contributed by atoms with van der Waals surface area (Å²) in [5.74, 6) is -26.3. The summed E-state index contributed by atoms with van der Waals surface area (Å²) in [4.78, 5) is 2.57. The number of hydrogen-bond acceptors (Lipinski definition) is 7. The zero-order valence-electron chi connectivity index (χ0n) is 26.2. The van der Waals surface area contributed by atoms with Crippen molar-refractivity contribution in [3.63, 3.8) is 0 Å². The van der Waals surface area contributed by atoms with Gasteiger partial charge in [0.2, 0.25) is 0 Å². The Hall–Kier alpha value is -3.40. The molecule has 0 spiro atoms. The second-order valence-electron chi connectivity index (χ2n) is 11.9. The van der Waals surface area contributed by atoms with Crippen LogP contribution >= 0.6 is 11.8 Å². The van der Waals surface area contributed by atoms with Crippen molar-refractivity contribution in [3.05, 3.63) is 84.9 Å². The molecule has 0 aromatic heterocycles. The van der Waals surface area contributed by atoms with E-state index in [9.17, 15) is 73.9 Å². The van der Waals surface area contributed by atoms with E-state index >= 15 is 0 Å². The minimum Gasteiger partial charge on any atom is -0.378 e. The second-order valence-corrected chi connectivity index (χ2v) is 16.2. The van der Waals surface area contributed by atoms with Crippen LogP contribution in [0.25, 0.3) is 0 Å². The molecule has 5 rings (SSSR count). The van der Waals surface area contributed by atoms with Gasteiger partial charge in [-0.25, -0.2) is 0 Å². The van der Waals surface area contributed by atoms with Crippen molar-refractivity contribution in [3.8, 4) is 11.5 Å². The Bertz CT molecular complexity index is 1890. The molecule has 53 heavy (non-hydrogen) atoms. The van der Waals surface area contributed by atoms with Crippen LogP contribution in [0.3, 0.4) is 0 Å². The van der Waals surface area contributed by atoms with Gasteiger partial charge in [0.15, 0.2) is 0 Å². The monoisotopic (exact) mass is 836 g/mol. The minimum atomic E-state index is -7.61. The average Bonchev–Trinajstić information content (AvgIpc) is 3.71. The molecule has 0 amide bonds. The minimum absolute atomic E-state index is 0.0325. The summed E-state index contributed by atoms with van der Waals surface area (Å²) in [6.07, 6.45) is -6.84. The summed E-state index contributed by atoms with van der Waals surface area (Å²) < 4.78 is 229. The lowest BCUT2D eigenvalue weighted by molar-refractivity contribution is -0.382. The van der Waals surface area contributed by atoms with Gasteiger partial charge < -0.3 is 8.37 Å². The molecule has 22 heteroatoms. The number of benzene rings is 3. The SMILES string of the molecule is O=S(=O)(Oc1ccc(OS(=O)(=O)C(F)(F)C(F)(F)C(F)(F)C(F)(F)F)cc1)C(F)(F)C(F)(F)C1CC2CCC1C2.c1ccc(Sc2ccccc2)cc1. The van der Waals surface area contributed by atoms with Gasteiger partial charge >= 0.3 is 54.7 Å². The van der Waals surface area contributed by atoms with Crippen LogP contribution in [0, 0.1) is 17.8 Å². The van der Waals surface area contributed by atoms with E-state index < -0.39 is 78.0 Å². The van der Waals surface area contributed by atoms with Crippen LogP contribution in [0.15, 0.2) is 94.7 Å². The van der Waals surface area contributed by atoms with Crippen LogP contribution in [-0.2, 0) is 20.2 Å². The molecule has 2 bridgehead atoms. The van der Waals surface area contributed by atoms with E-state index in [4.69, 9.17) is 0 Å². The van der Waals surface area contributed by atoms with Gasteiger partial charge in [-0.2, -0.15) is 73.9 Å². The first-order chi connectivity index (χ1) is 24.2. The molecular weight excluding hydrogens is 812 g/mol. The highest BCUT2D eigenvalue weighted by Crippen LogP contribution is 2.59.